The van der Waals surface area contributed by atoms with Gasteiger partial charge in [0.05, 0.1) is 0 Å². The average Bonchev–Trinajstić information content (AvgIpc) is 3.04. The van der Waals surface area contributed by atoms with E-state index in [2.05, 4.69) is 41.8 Å². The standard InChI is InChI=1S/C23H19ClN2OS/c1-15-20-4-2-3-5-21(20)28-22(15)14-25-18-10-6-16(7-11-18)23(27)26-19-12-8-17(24)9-13-19/h2-13,25H,14H2,1H3,(H,26,27). The molecule has 0 aliphatic carbocycles. The second kappa shape index (κ2) is 8.05. The van der Waals surface area contributed by atoms with Crippen molar-refractivity contribution in [3.8, 4) is 0 Å². The predicted molar refractivity (Wildman–Crippen MR) is 120 cm³/mol. The molecule has 4 aromatic rings. The number of hydrogen-bond acceptors (Lipinski definition) is 3. The molecule has 0 spiro atoms. The van der Waals surface area contributed by atoms with Crippen LogP contribution >= 0.6 is 22.9 Å². The van der Waals surface area contributed by atoms with Crippen molar-refractivity contribution in [2.24, 2.45) is 0 Å². The molecule has 2 N–H and O–H groups in total. The number of thiophene rings is 1. The van der Waals surface area contributed by atoms with Gasteiger partial charge in [-0.2, -0.15) is 0 Å². The van der Waals surface area contributed by atoms with Crippen LogP contribution in [-0.2, 0) is 6.54 Å². The Morgan fingerprint density at radius 2 is 1.61 bits per heavy atom. The minimum Gasteiger partial charge on any atom is -0.380 e. The molecule has 0 radical (unpaired) electrons. The van der Waals surface area contributed by atoms with E-state index in [4.69, 9.17) is 11.6 Å². The third-order valence-corrected chi connectivity index (χ3v) is 6.17. The summed E-state index contributed by atoms with van der Waals surface area (Å²) in [6, 6.07) is 23.0. The van der Waals surface area contributed by atoms with Gasteiger partial charge in [-0.25, -0.2) is 0 Å². The second-order valence-electron chi connectivity index (χ2n) is 6.54. The molecule has 1 amide bonds. The quantitative estimate of drug-likeness (QED) is 0.386. The van der Waals surface area contributed by atoms with Gasteiger partial charge in [0.1, 0.15) is 0 Å². The summed E-state index contributed by atoms with van der Waals surface area (Å²) in [7, 11) is 0. The summed E-state index contributed by atoms with van der Waals surface area (Å²) in [5.74, 6) is -0.144. The van der Waals surface area contributed by atoms with Crippen LogP contribution in [0.4, 0.5) is 11.4 Å². The van der Waals surface area contributed by atoms with Crippen molar-refractivity contribution in [2.75, 3.05) is 10.6 Å². The summed E-state index contributed by atoms with van der Waals surface area (Å²) < 4.78 is 1.31. The monoisotopic (exact) mass is 406 g/mol. The van der Waals surface area contributed by atoms with E-state index in [-0.39, 0.29) is 5.91 Å². The molecule has 0 saturated carbocycles. The average molecular weight is 407 g/mol. The first-order valence-corrected chi connectivity index (χ1v) is 10.2. The third-order valence-electron chi connectivity index (χ3n) is 4.64. The molecular formula is C23H19ClN2OS. The Balaban J connectivity index is 1.40. The number of carbonyl (C=O) groups excluding carboxylic acids is 1. The highest BCUT2D eigenvalue weighted by atomic mass is 35.5. The first-order valence-electron chi connectivity index (χ1n) is 8.98. The van der Waals surface area contributed by atoms with Crippen molar-refractivity contribution < 1.29 is 4.79 Å². The Bertz CT molecular complexity index is 1120. The zero-order chi connectivity index (χ0) is 19.5. The number of rotatable bonds is 5. The van der Waals surface area contributed by atoms with Crippen LogP contribution < -0.4 is 10.6 Å². The second-order valence-corrected chi connectivity index (χ2v) is 8.11. The van der Waals surface area contributed by atoms with E-state index in [9.17, 15) is 4.79 Å². The molecule has 0 saturated heterocycles. The number of anilines is 2. The van der Waals surface area contributed by atoms with Gasteiger partial charge in [0.2, 0.25) is 0 Å². The first kappa shape index (κ1) is 18.5. The van der Waals surface area contributed by atoms with Gasteiger partial charge in [0.15, 0.2) is 0 Å². The van der Waals surface area contributed by atoms with Crippen LogP contribution in [0.1, 0.15) is 20.8 Å². The Hall–Kier alpha value is -2.82. The summed E-state index contributed by atoms with van der Waals surface area (Å²) in [6.07, 6.45) is 0. The van der Waals surface area contributed by atoms with Gasteiger partial charge in [-0.05, 0) is 72.5 Å². The Morgan fingerprint density at radius 1 is 0.929 bits per heavy atom. The zero-order valence-corrected chi connectivity index (χ0v) is 16.9. The fourth-order valence-electron chi connectivity index (χ4n) is 3.05. The van der Waals surface area contributed by atoms with Crippen molar-refractivity contribution >= 4 is 50.3 Å². The molecule has 0 aliphatic rings. The van der Waals surface area contributed by atoms with Crippen LogP contribution in [0.15, 0.2) is 72.8 Å². The van der Waals surface area contributed by atoms with Gasteiger partial charge in [0, 0.05) is 38.1 Å². The van der Waals surface area contributed by atoms with Gasteiger partial charge in [0.25, 0.3) is 5.91 Å². The third kappa shape index (κ3) is 4.03. The molecule has 0 aliphatic heterocycles. The van der Waals surface area contributed by atoms with Crippen molar-refractivity contribution in [3.63, 3.8) is 0 Å². The molecular weight excluding hydrogens is 388 g/mol. The van der Waals surface area contributed by atoms with Crippen LogP contribution in [0.25, 0.3) is 10.1 Å². The number of hydrogen-bond donors (Lipinski definition) is 2. The maximum atomic E-state index is 12.4. The number of aryl methyl sites for hydroxylation is 1. The molecule has 1 aromatic heterocycles. The van der Waals surface area contributed by atoms with Gasteiger partial charge in [-0.15, -0.1) is 11.3 Å². The van der Waals surface area contributed by atoms with Crippen molar-refractivity contribution in [1.82, 2.24) is 0 Å². The normalized spacial score (nSPS) is 10.8. The number of benzene rings is 3. The van der Waals surface area contributed by atoms with Gasteiger partial charge in [-0.3, -0.25) is 4.79 Å². The number of nitrogens with one attached hydrogen (secondary N) is 2. The SMILES string of the molecule is Cc1c(CNc2ccc(C(=O)Nc3ccc(Cl)cc3)cc2)sc2ccccc12. The maximum Gasteiger partial charge on any atom is 0.255 e. The number of amides is 1. The largest absolute Gasteiger partial charge is 0.380 e. The highest BCUT2D eigenvalue weighted by Gasteiger charge is 2.09. The van der Waals surface area contributed by atoms with E-state index in [1.165, 1.54) is 20.5 Å². The lowest BCUT2D eigenvalue weighted by molar-refractivity contribution is 0.102. The van der Waals surface area contributed by atoms with Crippen LogP contribution in [0.3, 0.4) is 0 Å². The summed E-state index contributed by atoms with van der Waals surface area (Å²) in [5, 5.41) is 8.28. The topological polar surface area (TPSA) is 41.1 Å². The zero-order valence-electron chi connectivity index (χ0n) is 15.3. The van der Waals surface area contributed by atoms with E-state index >= 15 is 0 Å². The molecule has 0 unspecified atom stereocenters. The highest BCUT2D eigenvalue weighted by molar-refractivity contribution is 7.19. The number of halogens is 1. The first-order chi connectivity index (χ1) is 13.6. The van der Waals surface area contributed by atoms with E-state index in [1.54, 1.807) is 24.3 Å². The smallest absolute Gasteiger partial charge is 0.255 e. The van der Waals surface area contributed by atoms with Gasteiger partial charge in [-0.1, -0.05) is 29.8 Å². The predicted octanol–water partition coefficient (Wildman–Crippen LogP) is 6.73. The molecule has 0 atom stereocenters. The number of carbonyl (C=O) groups is 1. The Kier molecular flexibility index (Phi) is 5.33. The summed E-state index contributed by atoms with van der Waals surface area (Å²) in [4.78, 5) is 13.7. The Morgan fingerprint density at radius 3 is 2.32 bits per heavy atom. The van der Waals surface area contributed by atoms with Gasteiger partial charge >= 0.3 is 0 Å². The molecule has 140 valence electrons. The fourth-order valence-corrected chi connectivity index (χ4v) is 4.33. The minimum atomic E-state index is -0.144. The molecule has 1 heterocycles. The fraction of sp³-hybridized carbons (Fsp3) is 0.0870. The summed E-state index contributed by atoms with van der Waals surface area (Å²) in [5.41, 5.74) is 3.64. The van der Waals surface area contributed by atoms with Gasteiger partial charge < -0.3 is 10.6 Å². The molecule has 28 heavy (non-hydrogen) atoms. The van der Waals surface area contributed by atoms with Crippen LogP contribution in [-0.4, -0.2) is 5.91 Å². The van der Waals surface area contributed by atoms with Crippen LogP contribution in [0.2, 0.25) is 5.02 Å². The van der Waals surface area contributed by atoms with Crippen molar-refractivity contribution in [1.29, 1.82) is 0 Å². The van der Waals surface area contributed by atoms with E-state index in [0.717, 1.165) is 17.9 Å². The van der Waals surface area contributed by atoms with Crippen LogP contribution in [0, 0.1) is 6.92 Å². The van der Waals surface area contributed by atoms with Crippen LogP contribution in [0.5, 0.6) is 0 Å². The lowest BCUT2D eigenvalue weighted by Crippen LogP contribution is -2.11. The maximum absolute atomic E-state index is 12.4. The lowest BCUT2D eigenvalue weighted by atomic mass is 10.1. The Labute approximate surface area is 173 Å². The molecule has 3 nitrogen and oxygen atoms in total. The molecule has 4 rings (SSSR count). The van der Waals surface area contributed by atoms with E-state index in [1.807, 2.05) is 35.6 Å². The van der Waals surface area contributed by atoms with E-state index in [0.29, 0.717) is 10.6 Å². The summed E-state index contributed by atoms with van der Waals surface area (Å²) in [6.45, 7) is 2.93. The van der Waals surface area contributed by atoms with E-state index < -0.39 is 0 Å². The number of fused-ring (bicyclic) bond motifs is 1. The lowest BCUT2D eigenvalue weighted by Gasteiger charge is -2.08. The molecule has 0 fully saturated rings. The molecule has 5 heteroatoms. The minimum absolute atomic E-state index is 0.144. The van der Waals surface area contributed by atoms with Crippen molar-refractivity contribution in [3.05, 3.63) is 93.8 Å². The summed E-state index contributed by atoms with van der Waals surface area (Å²) >= 11 is 7.69. The highest BCUT2D eigenvalue weighted by Crippen LogP contribution is 2.31. The van der Waals surface area contributed by atoms with Crippen molar-refractivity contribution in [2.45, 2.75) is 13.5 Å². The molecule has 3 aromatic carbocycles. The molecule has 0 bridgehead atoms.